The minimum atomic E-state index is 0.154. The van der Waals surface area contributed by atoms with Crippen LogP contribution >= 0.6 is 22.7 Å². The Kier molecular flexibility index (Phi) is 4.76. The van der Waals surface area contributed by atoms with E-state index in [-0.39, 0.29) is 5.41 Å². The first-order valence-electron chi connectivity index (χ1n) is 6.72. The van der Waals surface area contributed by atoms with E-state index in [1.165, 1.54) is 9.88 Å². The predicted octanol–water partition coefficient (Wildman–Crippen LogP) is 4.74. The van der Waals surface area contributed by atoms with E-state index in [0.29, 0.717) is 6.04 Å². The molecular formula is C15H22N2S2. The molecule has 0 aliphatic carbocycles. The summed E-state index contributed by atoms with van der Waals surface area (Å²) in [4.78, 5) is 6.14. The van der Waals surface area contributed by atoms with Crippen LogP contribution in [0.4, 0.5) is 0 Å². The average Bonchev–Trinajstić information content (AvgIpc) is 2.99. The highest BCUT2D eigenvalue weighted by molar-refractivity contribution is 7.10. The Bertz CT molecular complexity index is 494. The second-order valence-electron chi connectivity index (χ2n) is 5.75. The largest absolute Gasteiger partial charge is 0.304 e. The van der Waals surface area contributed by atoms with Crippen molar-refractivity contribution in [2.75, 3.05) is 0 Å². The van der Waals surface area contributed by atoms with Crippen molar-refractivity contribution in [3.8, 4) is 0 Å². The van der Waals surface area contributed by atoms with E-state index in [1.807, 2.05) is 11.3 Å². The molecule has 0 aliphatic rings. The maximum absolute atomic E-state index is 4.73. The van der Waals surface area contributed by atoms with Crippen molar-refractivity contribution < 1.29 is 0 Å². The quantitative estimate of drug-likeness (QED) is 0.861. The van der Waals surface area contributed by atoms with E-state index in [0.717, 1.165) is 18.7 Å². The lowest BCUT2D eigenvalue weighted by atomic mass is 9.98. The molecule has 0 saturated heterocycles. The topological polar surface area (TPSA) is 24.9 Å². The van der Waals surface area contributed by atoms with Gasteiger partial charge in [0.1, 0.15) is 0 Å². The fourth-order valence-corrected chi connectivity index (χ4v) is 3.69. The van der Waals surface area contributed by atoms with Crippen molar-refractivity contribution in [2.45, 2.75) is 52.1 Å². The number of nitrogens with zero attached hydrogens (tertiary/aromatic N) is 1. The van der Waals surface area contributed by atoms with E-state index < -0.39 is 0 Å². The molecular weight excluding hydrogens is 272 g/mol. The highest BCUT2D eigenvalue weighted by Crippen LogP contribution is 2.26. The highest BCUT2D eigenvalue weighted by atomic mass is 32.1. The smallest absolute Gasteiger partial charge is 0.0982 e. The molecule has 0 aromatic carbocycles. The minimum Gasteiger partial charge on any atom is -0.304 e. The van der Waals surface area contributed by atoms with Crippen molar-refractivity contribution in [3.05, 3.63) is 38.5 Å². The van der Waals surface area contributed by atoms with Crippen LogP contribution < -0.4 is 5.32 Å². The molecule has 0 aliphatic heterocycles. The van der Waals surface area contributed by atoms with Gasteiger partial charge >= 0.3 is 0 Å². The second kappa shape index (κ2) is 6.16. The third-order valence-electron chi connectivity index (χ3n) is 3.02. The van der Waals surface area contributed by atoms with Gasteiger partial charge < -0.3 is 5.32 Å². The molecule has 0 bridgehead atoms. The first-order valence-corrected chi connectivity index (χ1v) is 8.48. The van der Waals surface area contributed by atoms with Gasteiger partial charge in [0.25, 0.3) is 0 Å². The molecule has 1 atom stereocenters. The van der Waals surface area contributed by atoms with Crippen molar-refractivity contribution in [1.82, 2.24) is 10.3 Å². The van der Waals surface area contributed by atoms with Crippen LogP contribution in [0.3, 0.4) is 0 Å². The molecule has 104 valence electrons. The fraction of sp³-hybridized carbons (Fsp3) is 0.533. The summed E-state index contributed by atoms with van der Waals surface area (Å²) >= 11 is 3.58. The molecule has 2 aromatic heterocycles. The molecule has 0 amide bonds. The molecule has 2 nitrogen and oxygen atoms in total. The zero-order valence-electron chi connectivity index (χ0n) is 12.1. The molecule has 1 N–H and O–H groups in total. The highest BCUT2D eigenvalue weighted by Gasteiger charge is 2.18. The van der Waals surface area contributed by atoms with Gasteiger partial charge in [0.2, 0.25) is 0 Å². The number of hydrogen-bond donors (Lipinski definition) is 1. The molecule has 1 unspecified atom stereocenters. The normalized spacial score (nSPS) is 13.7. The number of thiazole rings is 1. The molecule has 2 rings (SSSR count). The third-order valence-corrected chi connectivity index (χ3v) is 5.32. The number of nitrogens with one attached hydrogen (secondary N) is 1. The van der Waals surface area contributed by atoms with Gasteiger partial charge in [0, 0.05) is 28.3 Å². The van der Waals surface area contributed by atoms with Gasteiger partial charge in [-0.25, -0.2) is 4.98 Å². The van der Waals surface area contributed by atoms with Crippen LogP contribution in [0.25, 0.3) is 0 Å². The summed E-state index contributed by atoms with van der Waals surface area (Å²) in [5, 5.41) is 9.14. The Morgan fingerprint density at radius 1 is 1.32 bits per heavy atom. The lowest BCUT2D eigenvalue weighted by molar-refractivity contribution is 0.519. The van der Waals surface area contributed by atoms with E-state index >= 15 is 0 Å². The predicted molar refractivity (Wildman–Crippen MR) is 85.0 cm³/mol. The van der Waals surface area contributed by atoms with Crippen LogP contribution in [-0.4, -0.2) is 4.98 Å². The van der Waals surface area contributed by atoms with Gasteiger partial charge in [-0.15, -0.1) is 22.7 Å². The molecule has 2 heterocycles. The Labute approximate surface area is 123 Å². The van der Waals surface area contributed by atoms with E-state index in [1.54, 1.807) is 11.3 Å². The standard InChI is InChI=1S/C15H22N2S2/c1-5-12(13-7-6-8-18-13)16-9-11-10-19-14(17-11)15(2,3)4/h6-8,10,12,16H,5,9H2,1-4H3. The van der Waals surface area contributed by atoms with Gasteiger partial charge in [-0.1, -0.05) is 33.8 Å². The molecule has 0 saturated carbocycles. The Hall–Kier alpha value is -0.710. The third kappa shape index (κ3) is 3.88. The van der Waals surface area contributed by atoms with E-state index in [9.17, 15) is 0 Å². The molecule has 4 heteroatoms. The van der Waals surface area contributed by atoms with Crippen molar-refractivity contribution in [1.29, 1.82) is 0 Å². The Morgan fingerprint density at radius 2 is 2.11 bits per heavy atom. The fourth-order valence-electron chi connectivity index (χ4n) is 1.90. The number of thiophene rings is 1. The zero-order valence-corrected chi connectivity index (χ0v) is 13.7. The Balaban J connectivity index is 1.96. The maximum Gasteiger partial charge on any atom is 0.0982 e. The molecule has 0 spiro atoms. The first kappa shape index (κ1) is 14.7. The lowest BCUT2D eigenvalue weighted by Crippen LogP contribution is -2.20. The van der Waals surface area contributed by atoms with Gasteiger partial charge in [-0.05, 0) is 17.9 Å². The van der Waals surface area contributed by atoms with Crippen LogP contribution in [0.2, 0.25) is 0 Å². The number of aromatic nitrogens is 1. The molecule has 19 heavy (non-hydrogen) atoms. The summed E-state index contributed by atoms with van der Waals surface area (Å²) in [5.41, 5.74) is 1.31. The number of rotatable bonds is 5. The van der Waals surface area contributed by atoms with Crippen molar-refractivity contribution >= 4 is 22.7 Å². The van der Waals surface area contributed by atoms with Crippen LogP contribution in [0, 0.1) is 0 Å². The van der Waals surface area contributed by atoms with Gasteiger partial charge in [0.05, 0.1) is 10.7 Å². The number of hydrogen-bond acceptors (Lipinski definition) is 4. The monoisotopic (exact) mass is 294 g/mol. The van der Waals surface area contributed by atoms with Crippen LogP contribution in [0.5, 0.6) is 0 Å². The SMILES string of the molecule is CCC(NCc1csc(C(C)(C)C)n1)c1cccs1. The summed E-state index contributed by atoms with van der Waals surface area (Å²) in [6.07, 6.45) is 1.11. The maximum atomic E-state index is 4.73. The van der Waals surface area contributed by atoms with Gasteiger partial charge in [-0.3, -0.25) is 0 Å². The first-order chi connectivity index (χ1) is 9.00. The van der Waals surface area contributed by atoms with Crippen LogP contribution in [0.1, 0.15) is 55.7 Å². The summed E-state index contributed by atoms with van der Waals surface area (Å²) < 4.78 is 0. The van der Waals surface area contributed by atoms with Gasteiger partial charge in [0.15, 0.2) is 0 Å². The van der Waals surface area contributed by atoms with E-state index in [4.69, 9.17) is 4.98 Å². The summed E-state index contributed by atoms with van der Waals surface area (Å²) in [7, 11) is 0. The van der Waals surface area contributed by atoms with Crippen LogP contribution in [0.15, 0.2) is 22.9 Å². The van der Waals surface area contributed by atoms with Crippen molar-refractivity contribution in [2.24, 2.45) is 0 Å². The zero-order chi connectivity index (χ0) is 13.9. The van der Waals surface area contributed by atoms with Gasteiger partial charge in [-0.2, -0.15) is 0 Å². The average molecular weight is 294 g/mol. The minimum absolute atomic E-state index is 0.154. The molecule has 0 radical (unpaired) electrons. The Morgan fingerprint density at radius 3 is 2.63 bits per heavy atom. The van der Waals surface area contributed by atoms with Crippen LogP contribution in [-0.2, 0) is 12.0 Å². The van der Waals surface area contributed by atoms with E-state index in [2.05, 4.69) is 55.9 Å². The summed E-state index contributed by atoms with van der Waals surface area (Å²) in [6, 6.07) is 4.76. The lowest BCUT2D eigenvalue weighted by Gasteiger charge is -2.15. The molecule has 0 fully saturated rings. The second-order valence-corrected chi connectivity index (χ2v) is 7.59. The summed E-state index contributed by atoms with van der Waals surface area (Å²) in [5.74, 6) is 0. The summed E-state index contributed by atoms with van der Waals surface area (Å²) in [6.45, 7) is 9.71. The van der Waals surface area contributed by atoms with Crippen molar-refractivity contribution in [3.63, 3.8) is 0 Å². The molecule has 2 aromatic rings.